The van der Waals surface area contributed by atoms with E-state index < -0.39 is 23.5 Å². The fourth-order valence-corrected chi connectivity index (χ4v) is 1.40. The summed E-state index contributed by atoms with van der Waals surface area (Å²) < 4.78 is 5.00. The monoisotopic (exact) mass is 216 g/mol. The largest absolute Gasteiger partial charge is 0.479 e. The Morgan fingerprint density at radius 2 is 2.33 bits per heavy atom. The Hall–Kier alpha value is -1.14. The van der Waals surface area contributed by atoms with E-state index in [-0.39, 0.29) is 13.0 Å². The van der Waals surface area contributed by atoms with Gasteiger partial charge >= 0.3 is 5.97 Å². The Labute approximate surface area is 87.8 Å². The summed E-state index contributed by atoms with van der Waals surface area (Å²) in [5, 5.41) is 11.5. The van der Waals surface area contributed by atoms with Gasteiger partial charge in [0.1, 0.15) is 0 Å². The molecule has 15 heavy (non-hydrogen) atoms. The van der Waals surface area contributed by atoms with E-state index in [1.807, 2.05) is 0 Å². The summed E-state index contributed by atoms with van der Waals surface area (Å²) in [5.41, 5.74) is 4.22. The molecule has 1 rings (SSSR count). The zero-order chi connectivity index (χ0) is 11.5. The van der Waals surface area contributed by atoms with Crippen molar-refractivity contribution in [3.63, 3.8) is 0 Å². The van der Waals surface area contributed by atoms with Gasteiger partial charge in [0.05, 0.1) is 12.6 Å². The number of carboxylic acids is 1. The minimum atomic E-state index is -1.29. The first kappa shape index (κ1) is 11.9. The molecule has 86 valence electrons. The summed E-state index contributed by atoms with van der Waals surface area (Å²) in [6.45, 7) is 2.11. The third-order valence-corrected chi connectivity index (χ3v) is 2.57. The van der Waals surface area contributed by atoms with Gasteiger partial charge in [0.2, 0.25) is 5.91 Å². The average Bonchev–Trinajstić information content (AvgIpc) is 2.66. The molecule has 0 spiro atoms. The fourth-order valence-electron chi connectivity index (χ4n) is 1.40. The van der Waals surface area contributed by atoms with E-state index >= 15 is 0 Å². The van der Waals surface area contributed by atoms with Gasteiger partial charge in [-0.15, -0.1) is 0 Å². The minimum Gasteiger partial charge on any atom is -0.479 e. The second kappa shape index (κ2) is 4.59. The van der Waals surface area contributed by atoms with E-state index in [4.69, 9.17) is 15.6 Å². The van der Waals surface area contributed by atoms with E-state index in [2.05, 4.69) is 5.32 Å². The molecule has 0 aromatic heterocycles. The number of carboxylic acid groups (broad SMARTS) is 1. The summed E-state index contributed by atoms with van der Waals surface area (Å²) in [6.07, 6.45) is 0.757. The molecule has 0 radical (unpaired) electrons. The van der Waals surface area contributed by atoms with Gasteiger partial charge in [-0.3, -0.25) is 4.79 Å². The lowest BCUT2D eigenvalue weighted by molar-refractivity contribution is -0.147. The summed E-state index contributed by atoms with van der Waals surface area (Å²) in [6, 6.07) is -0.665. The highest BCUT2D eigenvalue weighted by atomic mass is 16.5. The van der Waals surface area contributed by atoms with Crippen LogP contribution in [-0.2, 0) is 14.3 Å². The number of carbonyl (C=O) groups excluding carboxylic acids is 1. The number of ether oxygens (including phenoxy) is 1. The van der Waals surface area contributed by atoms with Crippen molar-refractivity contribution in [1.82, 2.24) is 5.32 Å². The molecule has 0 aliphatic carbocycles. The molecule has 1 heterocycles. The number of hydrogen-bond acceptors (Lipinski definition) is 4. The van der Waals surface area contributed by atoms with Crippen LogP contribution in [-0.4, -0.2) is 41.8 Å². The Balaban J connectivity index is 2.67. The van der Waals surface area contributed by atoms with Crippen LogP contribution in [0.1, 0.15) is 19.8 Å². The SMILES string of the molecule is CCC(N)C(=O)NC1(C(=O)O)CCOC1. The molecule has 0 saturated carbocycles. The van der Waals surface area contributed by atoms with Gasteiger partial charge in [-0.05, 0) is 6.42 Å². The predicted molar refractivity (Wildman–Crippen MR) is 52.2 cm³/mol. The Morgan fingerprint density at radius 1 is 1.67 bits per heavy atom. The Bertz CT molecular complexity index is 261. The van der Waals surface area contributed by atoms with Gasteiger partial charge < -0.3 is 20.9 Å². The topological polar surface area (TPSA) is 102 Å². The average molecular weight is 216 g/mol. The first-order valence-electron chi connectivity index (χ1n) is 4.90. The van der Waals surface area contributed by atoms with E-state index in [1.165, 1.54) is 0 Å². The van der Waals surface area contributed by atoms with Crippen molar-refractivity contribution in [1.29, 1.82) is 0 Å². The molecular weight excluding hydrogens is 200 g/mol. The molecule has 1 saturated heterocycles. The molecule has 2 atom stereocenters. The van der Waals surface area contributed by atoms with Crippen LogP contribution in [0.3, 0.4) is 0 Å². The van der Waals surface area contributed by atoms with Crippen LogP contribution < -0.4 is 11.1 Å². The maximum atomic E-state index is 11.5. The normalized spacial score (nSPS) is 27.3. The molecule has 1 fully saturated rings. The molecule has 4 N–H and O–H groups in total. The quantitative estimate of drug-likeness (QED) is 0.564. The molecule has 1 amide bonds. The van der Waals surface area contributed by atoms with Crippen LogP contribution in [0.4, 0.5) is 0 Å². The number of nitrogens with two attached hydrogens (primary N) is 1. The van der Waals surface area contributed by atoms with E-state index in [0.29, 0.717) is 13.0 Å². The van der Waals surface area contributed by atoms with Crippen LogP contribution in [0.15, 0.2) is 0 Å². The van der Waals surface area contributed by atoms with Crippen LogP contribution in [0.25, 0.3) is 0 Å². The number of rotatable bonds is 4. The Morgan fingerprint density at radius 3 is 2.73 bits per heavy atom. The first-order valence-corrected chi connectivity index (χ1v) is 4.90. The third-order valence-electron chi connectivity index (χ3n) is 2.57. The maximum absolute atomic E-state index is 11.5. The van der Waals surface area contributed by atoms with Gasteiger partial charge in [-0.25, -0.2) is 4.79 Å². The number of aliphatic carboxylic acids is 1. The van der Waals surface area contributed by atoms with Gasteiger partial charge in [0.25, 0.3) is 0 Å². The number of nitrogens with one attached hydrogen (secondary N) is 1. The number of carbonyl (C=O) groups is 2. The zero-order valence-electron chi connectivity index (χ0n) is 8.66. The van der Waals surface area contributed by atoms with Crippen LogP contribution in [0.2, 0.25) is 0 Å². The van der Waals surface area contributed by atoms with Crippen molar-refractivity contribution in [2.75, 3.05) is 13.2 Å². The molecule has 6 heteroatoms. The maximum Gasteiger partial charge on any atom is 0.331 e. The van der Waals surface area contributed by atoms with Crippen molar-refractivity contribution in [2.24, 2.45) is 5.73 Å². The van der Waals surface area contributed by atoms with Crippen LogP contribution >= 0.6 is 0 Å². The fraction of sp³-hybridized carbons (Fsp3) is 0.778. The standard InChI is InChI=1S/C9H16N2O4/c1-2-6(10)7(12)11-9(8(13)14)3-4-15-5-9/h6H,2-5,10H2,1H3,(H,11,12)(H,13,14). The van der Waals surface area contributed by atoms with E-state index in [1.54, 1.807) is 6.92 Å². The molecule has 0 aromatic carbocycles. The molecule has 6 nitrogen and oxygen atoms in total. The molecule has 1 aliphatic heterocycles. The third kappa shape index (κ3) is 2.45. The highest BCUT2D eigenvalue weighted by molar-refractivity contribution is 5.89. The van der Waals surface area contributed by atoms with Gasteiger partial charge in [0, 0.05) is 13.0 Å². The molecule has 2 unspecified atom stereocenters. The molecule has 0 bridgehead atoms. The summed E-state index contributed by atoms with van der Waals surface area (Å²) in [7, 11) is 0. The highest BCUT2D eigenvalue weighted by Crippen LogP contribution is 2.19. The smallest absolute Gasteiger partial charge is 0.331 e. The lowest BCUT2D eigenvalue weighted by atomic mass is 9.98. The number of hydrogen-bond donors (Lipinski definition) is 3. The molecule has 1 aliphatic rings. The minimum absolute atomic E-state index is 0.00447. The van der Waals surface area contributed by atoms with Crippen molar-refractivity contribution in [3.8, 4) is 0 Å². The van der Waals surface area contributed by atoms with E-state index in [9.17, 15) is 9.59 Å². The van der Waals surface area contributed by atoms with Gasteiger partial charge in [0.15, 0.2) is 5.54 Å². The first-order chi connectivity index (χ1) is 7.02. The van der Waals surface area contributed by atoms with Crippen molar-refractivity contribution in [3.05, 3.63) is 0 Å². The second-order valence-electron chi connectivity index (χ2n) is 3.69. The Kier molecular flexibility index (Phi) is 3.65. The predicted octanol–water partition coefficient (Wildman–Crippen LogP) is -0.916. The summed E-state index contributed by atoms with van der Waals surface area (Å²) in [4.78, 5) is 22.5. The zero-order valence-corrected chi connectivity index (χ0v) is 8.66. The van der Waals surface area contributed by atoms with Crippen LogP contribution in [0.5, 0.6) is 0 Å². The van der Waals surface area contributed by atoms with Crippen molar-refractivity contribution >= 4 is 11.9 Å². The van der Waals surface area contributed by atoms with E-state index in [0.717, 1.165) is 0 Å². The van der Waals surface area contributed by atoms with Crippen molar-refractivity contribution in [2.45, 2.75) is 31.3 Å². The summed E-state index contributed by atoms with van der Waals surface area (Å²) >= 11 is 0. The number of amides is 1. The second-order valence-corrected chi connectivity index (χ2v) is 3.69. The molecular formula is C9H16N2O4. The van der Waals surface area contributed by atoms with Gasteiger partial charge in [-0.2, -0.15) is 0 Å². The molecule has 0 aromatic rings. The van der Waals surface area contributed by atoms with Crippen LogP contribution in [0, 0.1) is 0 Å². The lowest BCUT2D eigenvalue weighted by Crippen LogP contribution is -2.58. The summed E-state index contributed by atoms with van der Waals surface area (Å²) in [5.74, 6) is -1.51. The highest BCUT2D eigenvalue weighted by Gasteiger charge is 2.44. The van der Waals surface area contributed by atoms with Crippen molar-refractivity contribution < 1.29 is 19.4 Å². The lowest BCUT2D eigenvalue weighted by Gasteiger charge is -2.25. The van der Waals surface area contributed by atoms with Gasteiger partial charge in [-0.1, -0.05) is 6.92 Å².